The van der Waals surface area contributed by atoms with Gasteiger partial charge in [-0.3, -0.25) is 9.59 Å². The summed E-state index contributed by atoms with van der Waals surface area (Å²) < 4.78 is 19.5. The standard InChI is InChI=1S/C21H17FN6O3/c1-31-19-11(22)3-2-4-13(19)27-18-15-12(6-8-24-21(15)30)26-16(18)10-5-7-23-20-17(10)25-9-14(29)28-20/h2-5,7,9,26-27H,6,8H2,1H3,(H,24,30)(H,23,28,29). The maximum absolute atomic E-state index is 14.3. The van der Waals surface area contributed by atoms with Crippen LogP contribution in [0.25, 0.3) is 22.4 Å². The highest BCUT2D eigenvalue weighted by molar-refractivity contribution is 6.08. The second-order valence-corrected chi connectivity index (χ2v) is 6.98. The molecular formula is C21H17FN6O3. The first-order chi connectivity index (χ1) is 15.1. The molecule has 31 heavy (non-hydrogen) atoms. The summed E-state index contributed by atoms with van der Waals surface area (Å²) in [5, 5.41) is 6.00. The van der Waals surface area contributed by atoms with Gasteiger partial charge < -0.3 is 25.3 Å². The van der Waals surface area contributed by atoms with Crippen LogP contribution in [0.5, 0.6) is 5.75 Å². The molecule has 0 aliphatic carbocycles. The van der Waals surface area contributed by atoms with Crippen LogP contribution in [0.1, 0.15) is 16.1 Å². The van der Waals surface area contributed by atoms with Crippen molar-refractivity contribution in [2.45, 2.75) is 6.42 Å². The van der Waals surface area contributed by atoms with E-state index in [-0.39, 0.29) is 17.2 Å². The number of nitrogens with one attached hydrogen (secondary N) is 4. The van der Waals surface area contributed by atoms with Gasteiger partial charge in [0.25, 0.3) is 11.5 Å². The number of nitrogens with zero attached hydrogens (tertiary/aromatic N) is 2. The normalized spacial score (nSPS) is 13.0. The van der Waals surface area contributed by atoms with Gasteiger partial charge in [0.05, 0.1) is 35.9 Å². The highest BCUT2D eigenvalue weighted by Crippen LogP contribution is 2.40. The number of ether oxygens (including phenoxy) is 1. The molecule has 0 unspecified atom stereocenters. The van der Waals surface area contributed by atoms with Crippen LogP contribution >= 0.6 is 0 Å². The Balaban J connectivity index is 1.76. The van der Waals surface area contributed by atoms with Gasteiger partial charge in [-0.2, -0.15) is 0 Å². The Bertz CT molecular complexity index is 1390. The number of amides is 1. The maximum atomic E-state index is 14.3. The van der Waals surface area contributed by atoms with E-state index < -0.39 is 5.82 Å². The van der Waals surface area contributed by atoms with Crippen molar-refractivity contribution in [3.8, 4) is 17.0 Å². The molecule has 0 bridgehead atoms. The topological polar surface area (TPSA) is 125 Å². The van der Waals surface area contributed by atoms with Crippen LogP contribution in [0.4, 0.5) is 15.8 Å². The smallest absolute Gasteiger partial charge is 0.268 e. The second-order valence-electron chi connectivity index (χ2n) is 6.98. The molecule has 4 aromatic rings. The molecular weight excluding hydrogens is 403 g/mol. The van der Waals surface area contributed by atoms with E-state index in [9.17, 15) is 14.0 Å². The van der Waals surface area contributed by atoms with Gasteiger partial charge in [-0.1, -0.05) is 6.07 Å². The minimum absolute atomic E-state index is 0.0293. The summed E-state index contributed by atoms with van der Waals surface area (Å²) in [6.45, 7) is 0.497. The number of aromatic nitrogens is 4. The van der Waals surface area contributed by atoms with Crippen LogP contribution in [0, 0.1) is 5.82 Å². The van der Waals surface area contributed by atoms with Gasteiger partial charge in [-0.15, -0.1) is 0 Å². The number of halogens is 1. The molecule has 1 aromatic carbocycles. The van der Waals surface area contributed by atoms with E-state index in [1.807, 2.05) is 0 Å². The quantitative estimate of drug-likeness (QED) is 0.402. The third kappa shape index (κ3) is 3.08. The second kappa shape index (κ2) is 7.24. The molecule has 0 atom stereocenters. The fourth-order valence-electron chi connectivity index (χ4n) is 3.81. The number of H-pyrrole nitrogens is 2. The first-order valence-corrected chi connectivity index (χ1v) is 9.54. The number of hydrogen-bond donors (Lipinski definition) is 4. The Morgan fingerprint density at radius 2 is 2.03 bits per heavy atom. The third-order valence-corrected chi connectivity index (χ3v) is 5.14. The van der Waals surface area contributed by atoms with E-state index in [1.54, 1.807) is 24.4 Å². The van der Waals surface area contributed by atoms with Crippen LogP contribution in [0.3, 0.4) is 0 Å². The number of aromatic amines is 2. The third-order valence-electron chi connectivity index (χ3n) is 5.14. The molecule has 5 rings (SSSR count). The number of para-hydroxylation sites is 1. The average Bonchev–Trinajstić information content (AvgIpc) is 3.12. The monoisotopic (exact) mass is 420 g/mol. The molecule has 10 heteroatoms. The van der Waals surface area contributed by atoms with Gasteiger partial charge in [0.15, 0.2) is 17.2 Å². The fraction of sp³-hybridized carbons (Fsp3) is 0.143. The van der Waals surface area contributed by atoms with Crippen LogP contribution in [0.15, 0.2) is 41.5 Å². The van der Waals surface area contributed by atoms with Gasteiger partial charge in [-0.05, 0) is 18.2 Å². The molecule has 1 aliphatic rings. The summed E-state index contributed by atoms with van der Waals surface area (Å²) in [6, 6.07) is 6.23. The maximum Gasteiger partial charge on any atom is 0.268 e. The number of hydrogen-bond acceptors (Lipinski definition) is 6. The minimum Gasteiger partial charge on any atom is -0.492 e. The number of anilines is 2. The van der Waals surface area contributed by atoms with E-state index in [0.29, 0.717) is 52.3 Å². The number of fused-ring (bicyclic) bond motifs is 2. The van der Waals surface area contributed by atoms with Crippen LogP contribution < -0.4 is 20.9 Å². The van der Waals surface area contributed by atoms with E-state index in [0.717, 1.165) is 5.69 Å². The van der Waals surface area contributed by atoms with Gasteiger partial charge in [0, 0.05) is 30.4 Å². The summed E-state index contributed by atoms with van der Waals surface area (Å²) in [4.78, 5) is 38.8. The number of carbonyl (C=O) groups is 1. The van der Waals surface area contributed by atoms with E-state index in [1.165, 1.54) is 19.4 Å². The van der Waals surface area contributed by atoms with E-state index >= 15 is 0 Å². The Kier molecular flexibility index (Phi) is 4.39. The fourth-order valence-corrected chi connectivity index (χ4v) is 3.81. The van der Waals surface area contributed by atoms with Crippen LogP contribution in [0.2, 0.25) is 0 Å². The lowest BCUT2D eigenvalue weighted by Gasteiger charge is -2.16. The summed E-state index contributed by atoms with van der Waals surface area (Å²) in [7, 11) is 1.38. The Labute approximate surface area is 174 Å². The van der Waals surface area contributed by atoms with Crippen molar-refractivity contribution in [1.82, 2.24) is 25.3 Å². The lowest BCUT2D eigenvalue weighted by Crippen LogP contribution is -2.31. The number of methoxy groups -OCH3 is 1. The summed E-state index contributed by atoms with van der Waals surface area (Å²) >= 11 is 0. The van der Waals surface area contributed by atoms with Gasteiger partial charge in [-0.25, -0.2) is 14.4 Å². The number of rotatable bonds is 4. The van der Waals surface area contributed by atoms with Crippen molar-refractivity contribution in [1.29, 1.82) is 0 Å². The van der Waals surface area contributed by atoms with Crippen LogP contribution in [-0.4, -0.2) is 39.5 Å². The zero-order valence-corrected chi connectivity index (χ0v) is 16.4. The van der Waals surface area contributed by atoms with Crippen molar-refractivity contribution in [2.24, 2.45) is 0 Å². The van der Waals surface area contributed by atoms with Gasteiger partial charge >= 0.3 is 0 Å². The van der Waals surface area contributed by atoms with Crippen molar-refractivity contribution >= 4 is 28.4 Å². The van der Waals surface area contributed by atoms with E-state index in [4.69, 9.17) is 4.74 Å². The van der Waals surface area contributed by atoms with Crippen molar-refractivity contribution < 1.29 is 13.9 Å². The first-order valence-electron chi connectivity index (χ1n) is 9.54. The zero-order chi connectivity index (χ0) is 21.5. The van der Waals surface area contributed by atoms with E-state index in [2.05, 4.69) is 30.6 Å². The molecule has 0 saturated heterocycles. The highest BCUT2D eigenvalue weighted by atomic mass is 19.1. The number of carbonyl (C=O) groups excluding carboxylic acids is 1. The zero-order valence-electron chi connectivity index (χ0n) is 16.4. The van der Waals surface area contributed by atoms with Crippen molar-refractivity contribution in [2.75, 3.05) is 19.0 Å². The minimum atomic E-state index is -0.531. The molecule has 4 heterocycles. The SMILES string of the molecule is COc1c(F)cccc1Nc1c(-c2ccnc3[nH]c(=O)cnc23)[nH]c2c1C(=O)NCC2. The van der Waals surface area contributed by atoms with Gasteiger partial charge in [0.2, 0.25) is 0 Å². The highest BCUT2D eigenvalue weighted by Gasteiger charge is 2.28. The van der Waals surface area contributed by atoms with Crippen LogP contribution in [-0.2, 0) is 6.42 Å². The molecule has 3 aromatic heterocycles. The Hall–Kier alpha value is -4.21. The van der Waals surface area contributed by atoms with Crippen molar-refractivity contribution in [3.63, 3.8) is 0 Å². The van der Waals surface area contributed by atoms with Gasteiger partial charge in [0.1, 0.15) is 5.52 Å². The molecule has 156 valence electrons. The predicted molar refractivity (Wildman–Crippen MR) is 112 cm³/mol. The first kappa shape index (κ1) is 18.8. The molecule has 0 saturated carbocycles. The molecule has 0 spiro atoms. The molecule has 4 N–H and O–H groups in total. The lowest BCUT2D eigenvalue weighted by molar-refractivity contribution is 0.0947. The number of pyridine rings is 1. The summed E-state index contributed by atoms with van der Waals surface area (Å²) in [5.41, 5.74) is 3.59. The van der Waals surface area contributed by atoms with Crippen molar-refractivity contribution in [3.05, 3.63) is 64.1 Å². The summed E-state index contributed by atoms with van der Waals surface area (Å²) in [6.07, 6.45) is 3.32. The predicted octanol–water partition coefficient (Wildman–Crippen LogP) is 2.49. The average molecular weight is 420 g/mol. The Morgan fingerprint density at radius 3 is 2.87 bits per heavy atom. The number of benzene rings is 1. The molecule has 1 amide bonds. The molecule has 0 radical (unpaired) electrons. The summed E-state index contributed by atoms with van der Waals surface area (Å²) in [5.74, 6) is -0.750. The Morgan fingerprint density at radius 1 is 1.16 bits per heavy atom. The lowest BCUT2D eigenvalue weighted by atomic mass is 10.0. The largest absolute Gasteiger partial charge is 0.492 e. The molecule has 0 fully saturated rings. The molecule has 1 aliphatic heterocycles. The molecule has 9 nitrogen and oxygen atoms in total.